The van der Waals surface area contributed by atoms with E-state index in [1.807, 2.05) is 6.08 Å². The Labute approximate surface area is 144 Å². The summed E-state index contributed by atoms with van der Waals surface area (Å²) in [6, 6.07) is 0. The minimum atomic E-state index is -0.298. The molecule has 24 heavy (non-hydrogen) atoms. The maximum atomic E-state index is 12.3. The first kappa shape index (κ1) is 16.5. The number of carbonyl (C=O) groups is 2. The van der Waals surface area contributed by atoms with Crippen LogP contribution in [0.15, 0.2) is 11.6 Å². The van der Waals surface area contributed by atoms with Crippen molar-refractivity contribution in [2.24, 2.45) is 34.5 Å². The number of hydrogen-bond acceptors (Lipinski definition) is 3. The van der Waals surface area contributed by atoms with E-state index in [1.54, 1.807) is 0 Å². The number of ketones is 2. The fraction of sp³-hybridized carbons (Fsp3) is 0.810. The summed E-state index contributed by atoms with van der Waals surface area (Å²) in [5.74, 6) is 2.42. The molecular formula is C21H30O3. The second kappa shape index (κ2) is 5.52. The van der Waals surface area contributed by atoms with Gasteiger partial charge in [0.2, 0.25) is 0 Å². The molecule has 0 heterocycles. The Morgan fingerprint density at radius 2 is 1.92 bits per heavy atom. The predicted octanol–water partition coefficient (Wildman–Crippen LogP) is 3.70. The SMILES string of the molecule is C[C@]12CC[C@@H]3[C@H](CCC4=CC(=O)CC[C@]43C)[C@H]1CC[C@H]2C(=O)CO. The summed E-state index contributed by atoms with van der Waals surface area (Å²) in [6.07, 6.45) is 10.3. The van der Waals surface area contributed by atoms with E-state index in [1.165, 1.54) is 18.4 Å². The number of aliphatic hydroxyl groups is 1. The van der Waals surface area contributed by atoms with E-state index in [9.17, 15) is 14.7 Å². The Morgan fingerprint density at radius 1 is 1.12 bits per heavy atom. The highest BCUT2D eigenvalue weighted by Gasteiger charge is 2.59. The summed E-state index contributed by atoms with van der Waals surface area (Å²) in [5, 5.41) is 9.36. The van der Waals surface area contributed by atoms with E-state index in [2.05, 4.69) is 13.8 Å². The van der Waals surface area contributed by atoms with E-state index in [4.69, 9.17) is 0 Å². The molecule has 1 N–H and O–H groups in total. The molecule has 3 saturated carbocycles. The van der Waals surface area contributed by atoms with Crippen LogP contribution in [-0.2, 0) is 9.59 Å². The molecule has 0 spiro atoms. The lowest BCUT2D eigenvalue weighted by Gasteiger charge is -2.58. The molecule has 6 atom stereocenters. The number of hydrogen-bond donors (Lipinski definition) is 1. The minimum Gasteiger partial charge on any atom is -0.389 e. The van der Waals surface area contributed by atoms with Gasteiger partial charge in [-0.2, -0.15) is 0 Å². The molecule has 132 valence electrons. The summed E-state index contributed by atoms with van der Waals surface area (Å²) in [6.45, 7) is 4.42. The van der Waals surface area contributed by atoms with Crippen LogP contribution in [0.1, 0.15) is 65.2 Å². The molecule has 0 unspecified atom stereocenters. The Kier molecular flexibility index (Phi) is 3.80. The van der Waals surface area contributed by atoms with Gasteiger partial charge in [0.25, 0.3) is 0 Å². The molecule has 0 radical (unpaired) electrons. The smallest absolute Gasteiger partial charge is 0.161 e. The highest BCUT2D eigenvalue weighted by molar-refractivity contribution is 5.91. The number of rotatable bonds is 2. The van der Waals surface area contributed by atoms with E-state index < -0.39 is 0 Å². The molecule has 0 aromatic heterocycles. The zero-order chi connectivity index (χ0) is 17.1. The van der Waals surface area contributed by atoms with Crippen molar-refractivity contribution >= 4 is 11.6 Å². The van der Waals surface area contributed by atoms with Crippen LogP contribution >= 0.6 is 0 Å². The van der Waals surface area contributed by atoms with E-state index in [0.29, 0.717) is 30.0 Å². The highest BCUT2D eigenvalue weighted by Crippen LogP contribution is 2.66. The number of fused-ring (bicyclic) bond motifs is 5. The standard InChI is InChI=1S/C21H30O3/c1-20-9-7-14(23)11-13(20)3-4-15-16-5-6-18(19(24)12-22)21(16,2)10-8-17(15)20/h11,15-18,22H,3-10,12H2,1-2H3/t15-,16-,17-,18+,20-,21+/m1/s1. The van der Waals surface area contributed by atoms with Gasteiger partial charge in [-0.05, 0) is 79.6 Å². The number of aliphatic hydroxyl groups excluding tert-OH is 1. The molecule has 0 bridgehead atoms. The van der Waals surface area contributed by atoms with E-state index in [0.717, 1.165) is 32.1 Å². The molecule has 3 nitrogen and oxygen atoms in total. The lowest BCUT2D eigenvalue weighted by atomic mass is 9.46. The Hall–Kier alpha value is -0.960. The number of allylic oxidation sites excluding steroid dienone is 1. The fourth-order valence-electron chi connectivity index (χ4n) is 7.20. The average Bonchev–Trinajstić information content (AvgIpc) is 2.92. The second-order valence-electron chi connectivity index (χ2n) is 9.27. The second-order valence-corrected chi connectivity index (χ2v) is 9.27. The molecule has 4 aliphatic rings. The Bertz CT molecular complexity index is 606. The third kappa shape index (κ3) is 2.13. The van der Waals surface area contributed by atoms with Gasteiger partial charge >= 0.3 is 0 Å². The maximum Gasteiger partial charge on any atom is 0.161 e. The summed E-state index contributed by atoms with van der Waals surface area (Å²) < 4.78 is 0. The monoisotopic (exact) mass is 330 g/mol. The number of Topliss-reactive ketones (excluding diaryl/α,β-unsaturated/α-hetero) is 1. The van der Waals surface area contributed by atoms with Crippen LogP contribution in [0.25, 0.3) is 0 Å². The van der Waals surface area contributed by atoms with Crippen molar-refractivity contribution in [3.63, 3.8) is 0 Å². The molecule has 0 amide bonds. The van der Waals surface area contributed by atoms with Crippen LogP contribution in [0.2, 0.25) is 0 Å². The zero-order valence-corrected chi connectivity index (χ0v) is 15.0. The summed E-state index contributed by atoms with van der Waals surface area (Å²) in [7, 11) is 0. The van der Waals surface area contributed by atoms with Gasteiger partial charge in [0.1, 0.15) is 6.61 Å². The van der Waals surface area contributed by atoms with Gasteiger partial charge in [-0.1, -0.05) is 19.4 Å². The Morgan fingerprint density at radius 3 is 2.67 bits per heavy atom. The first-order chi connectivity index (χ1) is 11.4. The third-order valence-electron chi connectivity index (χ3n) is 8.51. The normalized spacial score (nSPS) is 47.5. The van der Waals surface area contributed by atoms with Crippen LogP contribution in [0.4, 0.5) is 0 Å². The van der Waals surface area contributed by atoms with Gasteiger partial charge < -0.3 is 5.11 Å². The van der Waals surface area contributed by atoms with Gasteiger partial charge in [0.15, 0.2) is 11.6 Å². The van der Waals surface area contributed by atoms with Crippen molar-refractivity contribution in [3.8, 4) is 0 Å². The van der Waals surface area contributed by atoms with Crippen LogP contribution in [0, 0.1) is 34.5 Å². The zero-order valence-electron chi connectivity index (χ0n) is 15.0. The molecular weight excluding hydrogens is 300 g/mol. The topological polar surface area (TPSA) is 54.4 Å². The van der Waals surface area contributed by atoms with Crippen molar-refractivity contribution in [1.82, 2.24) is 0 Å². The molecule has 4 rings (SSSR count). The van der Waals surface area contributed by atoms with Gasteiger partial charge in [-0.15, -0.1) is 0 Å². The molecule has 0 aliphatic heterocycles. The van der Waals surface area contributed by atoms with Crippen LogP contribution in [0.5, 0.6) is 0 Å². The van der Waals surface area contributed by atoms with Gasteiger partial charge in [0.05, 0.1) is 0 Å². The van der Waals surface area contributed by atoms with Crippen molar-refractivity contribution in [1.29, 1.82) is 0 Å². The van der Waals surface area contributed by atoms with Gasteiger partial charge in [-0.25, -0.2) is 0 Å². The molecule has 3 heteroatoms. The molecule has 0 aromatic carbocycles. The van der Waals surface area contributed by atoms with Crippen LogP contribution < -0.4 is 0 Å². The van der Waals surface area contributed by atoms with E-state index >= 15 is 0 Å². The summed E-state index contributed by atoms with van der Waals surface area (Å²) in [4.78, 5) is 24.1. The van der Waals surface area contributed by atoms with Gasteiger partial charge in [0, 0.05) is 12.3 Å². The number of carbonyl (C=O) groups excluding carboxylic acids is 2. The lowest BCUT2D eigenvalue weighted by molar-refractivity contribution is -0.133. The van der Waals surface area contributed by atoms with Gasteiger partial charge in [-0.3, -0.25) is 9.59 Å². The Balaban J connectivity index is 1.65. The minimum absolute atomic E-state index is 0.0596. The van der Waals surface area contributed by atoms with Crippen LogP contribution in [-0.4, -0.2) is 23.3 Å². The highest BCUT2D eigenvalue weighted by atomic mass is 16.3. The van der Waals surface area contributed by atoms with Crippen molar-refractivity contribution < 1.29 is 14.7 Å². The quantitative estimate of drug-likeness (QED) is 0.840. The molecule has 0 aromatic rings. The van der Waals surface area contributed by atoms with Crippen molar-refractivity contribution in [3.05, 3.63) is 11.6 Å². The maximum absolute atomic E-state index is 12.3. The molecule has 0 saturated heterocycles. The molecule has 3 fully saturated rings. The lowest BCUT2D eigenvalue weighted by Crippen LogP contribution is -2.51. The largest absolute Gasteiger partial charge is 0.389 e. The molecule has 4 aliphatic carbocycles. The van der Waals surface area contributed by atoms with Crippen molar-refractivity contribution in [2.75, 3.05) is 6.61 Å². The van der Waals surface area contributed by atoms with Crippen LogP contribution in [0.3, 0.4) is 0 Å². The van der Waals surface area contributed by atoms with E-state index in [-0.39, 0.29) is 29.1 Å². The summed E-state index contributed by atoms with van der Waals surface area (Å²) >= 11 is 0. The summed E-state index contributed by atoms with van der Waals surface area (Å²) in [5.41, 5.74) is 1.70. The first-order valence-corrected chi connectivity index (χ1v) is 9.77. The average molecular weight is 330 g/mol. The fourth-order valence-corrected chi connectivity index (χ4v) is 7.20. The predicted molar refractivity (Wildman–Crippen MR) is 92.3 cm³/mol. The first-order valence-electron chi connectivity index (χ1n) is 9.77. The van der Waals surface area contributed by atoms with Crippen molar-refractivity contribution in [2.45, 2.75) is 65.2 Å². The third-order valence-corrected chi connectivity index (χ3v) is 8.51.